The van der Waals surface area contributed by atoms with E-state index < -0.39 is 0 Å². The maximum Gasteiger partial charge on any atom is 0.206 e. The number of aromatic nitrogens is 1. The summed E-state index contributed by atoms with van der Waals surface area (Å²) in [6.07, 6.45) is 3.52. The molecule has 3 aromatic rings. The molecule has 5 nitrogen and oxygen atoms in total. The second-order valence-corrected chi connectivity index (χ2v) is 7.43. The molecule has 0 aliphatic carbocycles. The number of halogens is 1. The Labute approximate surface area is 176 Å². The predicted molar refractivity (Wildman–Crippen MR) is 119 cm³/mol. The lowest BCUT2D eigenvalue weighted by Crippen LogP contribution is -2.12. The van der Waals surface area contributed by atoms with E-state index in [0.29, 0.717) is 18.0 Å². The summed E-state index contributed by atoms with van der Waals surface area (Å²) in [6.45, 7) is 4.27. The van der Waals surface area contributed by atoms with Gasteiger partial charge in [-0.2, -0.15) is 5.10 Å². The summed E-state index contributed by atoms with van der Waals surface area (Å²) in [4.78, 5) is 5.35. The number of methoxy groups -OCH3 is 2. The Morgan fingerprint density at radius 3 is 2.61 bits per heavy atom. The molecular weight excluding hydrogens is 438 g/mol. The molecule has 28 heavy (non-hydrogen) atoms. The second-order valence-electron chi connectivity index (χ2n) is 5.68. The van der Waals surface area contributed by atoms with E-state index in [1.807, 2.05) is 52.5 Å². The Morgan fingerprint density at radius 2 is 1.93 bits per heavy atom. The van der Waals surface area contributed by atoms with Crippen LogP contribution in [0.5, 0.6) is 11.5 Å². The van der Waals surface area contributed by atoms with E-state index in [2.05, 4.69) is 27.5 Å². The molecule has 0 atom stereocenters. The van der Waals surface area contributed by atoms with Gasteiger partial charge in [0.15, 0.2) is 11.5 Å². The van der Waals surface area contributed by atoms with Crippen molar-refractivity contribution < 1.29 is 9.47 Å². The quantitative estimate of drug-likeness (QED) is 0.371. The number of hydrogen-bond donors (Lipinski definition) is 0. The van der Waals surface area contributed by atoms with Crippen molar-refractivity contribution >= 4 is 33.5 Å². The highest BCUT2D eigenvalue weighted by molar-refractivity contribution is 9.10. The number of thiazole rings is 1. The third kappa shape index (κ3) is 4.43. The van der Waals surface area contributed by atoms with Crippen molar-refractivity contribution in [2.24, 2.45) is 10.1 Å². The highest BCUT2D eigenvalue weighted by Crippen LogP contribution is 2.29. The van der Waals surface area contributed by atoms with E-state index in [-0.39, 0.29) is 0 Å². The molecule has 0 bridgehead atoms. The van der Waals surface area contributed by atoms with Gasteiger partial charge in [0, 0.05) is 21.0 Å². The van der Waals surface area contributed by atoms with Gasteiger partial charge in [0.2, 0.25) is 4.80 Å². The number of benzene rings is 2. The lowest BCUT2D eigenvalue weighted by molar-refractivity contribution is 0.354. The Bertz CT molecular complexity index is 1050. The molecule has 0 spiro atoms. The van der Waals surface area contributed by atoms with Crippen molar-refractivity contribution in [2.45, 2.75) is 0 Å². The Morgan fingerprint density at radius 1 is 1.14 bits per heavy atom. The first-order chi connectivity index (χ1) is 13.7. The molecule has 0 saturated carbocycles. The normalized spacial score (nSPS) is 11.8. The van der Waals surface area contributed by atoms with Crippen LogP contribution in [0.2, 0.25) is 0 Å². The monoisotopic (exact) mass is 457 g/mol. The summed E-state index contributed by atoms with van der Waals surface area (Å²) in [5, 5.41) is 6.75. The molecule has 0 N–H and O–H groups in total. The zero-order valence-electron chi connectivity index (χ0n) is 15.6. The highest BCUT2D eigenvalue weighted by atomic mass is 79.9. The molecule has 144 valence electrons. The summed E-state index contributed by atoms with van der Waals surface area (Å²) >= 11 is 5.01. The molecule has 0 aliphatic heterocycles. The molecule has 0 aliphatic rings. The van der Waals surface area contributed by atoms with E-state index >= 15 is 0 Å². The van der Waals surface area contributed by atoms with Gasteiger partial charge in [-0.05, 0) is 24.3 Å². The van der Waals surface area contributed by atoms with E-state index in [1.165, 1.54) is 11.3 Å². The number of nitrogens with zero attached hydrogens (tertiary/aromatic N) is 3. The standard InChI is InChI=1S/C21H20BrN3O2S/c1-4-12-23-21-25(18(14-28-21)15-8-10-17(22)11-9-15)24-13-16-6-5-7-19(26-2)20(16)27-3/h4-11,13-14H,1,12H2,2-3H3. The molecule has 0 amide bonds. The van der Waals surface area contributed by atoms with Crippen LogP contribution >= 0.6 is 27.3 Å². The van der Waals surface area contributed by atoms with Crippen molar-refractivity contribution in [1.29, 1.82) is 0 Å². The van der Waals surface area contributed by atoms with Crippen LogP contribution in [0.25, 0.3) is 11.3 Å². The molecule has 0 fully saturated rings. The maximum atomic E-state index is 5.50. The van der Waals surface area contributed by atoms with Gasteiger partial charge in [0.1, 0.15) is 0 Å². The van der Waals surface area contributed by atoms with Gasteiger partial charge in [-0.3, -0.25) is 4.99 Å². The fourth-order valence-corrected chi connectivity index (χ4v) is 3.73. The minimum Gasteiger partial charge on any atom is -0.493 e. The Balaban J connectivity index is 2.10. The average molecular weight is 458 g/mol. The number of para-hydroxylation sites is 1. The molecule has 0 radical (unpaired) electrons. The predicted octanol–water partition coefficient (Wildman–Crippen LogP) is 4.97. The first-order valence-corrected chi connectivity index (χ1v) is 10.2. The van der Waals surface area contributed by atoms with Gasteiger partial charge in [0.25, 0.3) is 0 Å². The van der Waals surface area contributed by atoms with Crippen LogP contribution in [0.4, 0.5) is 0 Å². The fourth-order valence-electron chi connectivity index (χ4n) is 2.61. The third-order valence-electron chi connectivity index (χ3n) is 3.93. The summed E-state index contributed by atoms with van der Waals surface area (Å²) in [5.41, 5.74) is 2.82. The van der Waals surface area contributed by atoms with Crippen LogP contribution in [-0.2, 0) is 0 Å². The molecule has 3 rings (SSSR count). The number of rotatable bonds is 7. The van der Waals surface area contributed by atoms with Crippen LogP contribution in [0, 0.1) is 0 Å². The summed E-state index contributed by atoms with van der Waals surface area (Å²) in [7, 11) is 3.23. The molecule has 0 saturated heterocycles. The fraction of sp³-hybridized carbons (Fsp3) is 0.143. The second kappa shape index (κ2) is 9.52. The average Bonchev–Trinajstić information content (AvgIpc) is 3.13. The van der Waals surface area contributed by atoms with Crippen molar-refractivity contribution in [3.63, 3.8) is 0 Å². The van der Waals surface area contributed by atoms with Gasteiger partial charge < -0.3 is 9.47 Å². The van der Waals surface area contributed by atoms with E-state index in [4.69, 9.17) is 14.6 Å². The van der Waals surface area contributed by atoms with Crippen LogP contribution in [0.1, 0.15) is 5.56 Å². The van der Waals surface area contributed by atoms with Crippen LogP contribution in [0.3, 0.4) is 0 Å². The first kappa shape index (κ1) is 20.1. The smallest absolute Gasteiger partial charge is 0.206 e. The van der Waals surface area contributed by atoms with Crippen LogP contribution in [-0.4, -0.2) is 31.7 Å². The maximum absolute atomic E-state index is 5.50. The molecule has 1 aromatic heterocycles. The van der Waals surface area contributed by atoms with Crippen LogP contribution < -0.4 is 14.3 Å². The van der Waals surface area contributed by atoms with Gasteiger partial charge in [0.05, 0.1) is 32.7 Å². The zero-order chi connectivity index (χ0) is 19.9. The lowest BCUT2D eigenvalue weighted by Gasteiger charge is -2.10. The first-order valence-electron chi connectivity index (χ1n) is 8.51. The molecule has 2 aromatic carbocycles. The third-order valence-corrected chi connectivity index (χ3v) is 5.31. The largest absolute Gasteiger partial charge is 0.493 e. The zero-order valence-corrected chi connectivity index (χ0v) is 18.0. The molecule has 1 heterocycles. The summed E-state index contributed by atoms with van der Waals surface area (Å²) in [5.74, 6) is 1.30. The lowest BCUT2D eigenvalue weighted by atomic mass is 10.2. The van der Waals surface area contributed by atoms with E-state index in [1.54, 1.807) is 26.5 Å². The van der Waals surface area contributed by atoms with Crippen molar-refractivity contribution in [1.82, 2.24) is 4.68 Å². The van der Waals surface area contributed by atoms with Gasteiger partial charge in [-0.25, -0.2) is 4.68 Å². The SMILES string of the molecule is C=CCN=c1scc(-c2ccc(Br)cc2)n1N=Cc1cccc(OC)c1OC. The summed E-state index contributed by atoms with van der Waals surface area (Å²) < 4.78 is 13.7. The summed E-state index contributed by atoms with van der Waals surface area (Å²) in [6, 6.07) is 13.8. The number of hydrogen-bond acceptors (Lipinski definition) is 5. The Hall–Kier alpha value is -2.64. The van der Waals surface area contributed by atoms with E-state index in [0.717, 1.165) is 26.1 Å². The highest BCUT2D eigenvalue weighted by Gasteiger charge is 2.10. The Kier molecular flexibility index (Phi) is 6.84. The minimum absolute atomic E-state index is 0.526. The number of ether oxygens (including phenoxy) is 2. The van der Waals surface area contributed by atoms with Crippen molar-refractivity contribution in [3.05, 3.63) is 75.3 Å². The van der Waals surface area contributed by atoms with Crippen LogP contribution in [0.15, 0.2) is 75.1 Å². The van der Waals surface area contributed by atoms with Gasteiger partial charge >= 0.3 is 0 Å². The topological polar surface area (TPSA) is 48.1 Å². The molecular formula is C21H20BrN3O2S. The van der Waals surface area contributed by atoms with Crippen molar-refractivity contribution in [3.8, 4) is 22.8 Å². The molecule has 0 unspecified atom stereocenters. The molecule has 7 heteroatoms. The van der Waals surface area contributed by atoms with Crippen molar-refractivity contribution in [2.75, 3.05) is 20.8 Å². The van der Waals surface area contributed by atoms with Gasteiger partial charge in [-0.1, -0.05) is 40.2 Å². The minimum atomic E-state index is 0.526. The van der Waals surface area contributed by atoms with E-state index in [9.17, 15) is 0 Å². The van der Waals surface area contributed by atoms with Gasteiger partial charge in [-0.15, -0.1) is 17.9 Å².